The van der Waals surface area contributed by atoms with Crippen molar-refractivity contribution < 1.29 is 79.0 Å². The van der Waals surface area contributed by atoms with E-state index in [1.165, 1.54) is 37.3 Å². The van der Waals surface area contributed by atoms with Gasteiger partial charge < -0.3 is 0 Å². The van der Waals surface area contributed by atoms with Crippen molar-refractivity contribution in [2.75, 3.05) is 0 Å². The van der Waals surface area contributed by atoms with Gasteiger partial charge in [-0.1, -0.05) is 30.3 Å². The van der Waals surface area contributed by atoms with Crippen molar-refractivity contribution >= 4 is 57.3 Å². The lowest BCUT2D eigenvalue weighted by Crippen LogP contribution is -2.50. The van der Waals surface area contributed by atoms with E-state index in [-0.39, 0.29) is 43.7 Å². The summed E-state index contributed by atoms with van der Waals surface area (Å²) in [7, 11) is 0. The molecule has 66 heavy (non-hydrogen) atoms. The quantitative estimate of drug-likeness (QED) is 0.234. The number of rotatable bonds is 5. The van der Waals surface area contributed by atoms with E-state index in [1.54, 1.807) is 6.07 Å². The standard InChI is InChI=1S/C44H28F18S4/c1-15-13-16(2)63-31(15)29-30(41(55,56)44(61,62)40(29,53)54)33-18(4)24-27-26(37(47,48)43(59,60)38(27,49)50)23-17(3)32(65-34(23,6)35(24,7)66-33)28-25(36(45,46)42(57,58)39(28,51)52)21-14-22(64-19(21)5)20-11-9-8-10-12-20/h8-14H,1-7H3/t34-,35-/m1/s1. The molecule has 1 fully saturated rings. The molecular weight excluding hydrogens is 999 g/mol. The fourth-order valence-corrected chi connectivity index (χ4v) is 15.8. The number of halogens is 18. The van der Waals surface area contributed by atoms with Crippen LogP contribution in [0, 0.1) is 20.8 Å². The second kappa shape index (κ2) is 13.2. The van der Waals surface area contributed by atoms with Gasteiger partial charge in [-0.15, -0.1) is 46.2 Å². The maximum absolute atomic E-state index is 16.5. The van der Waals surface area contributed by atoms with Gasteiger partial charge in [-0.25, -0.2) is 0 Å². The van der Waals surface area contributed by atoms with Crippen LogP contribution in [0.15, 0.2) is 96.9 Å². The fourth-order valence-electron chi connectivity index (χ4n) is 10.1. The Bertz CT molecular complexity index is 2930. The highest BCUT2D eigenvalue weighted by Crippen LogP contribution is 2.80. The molecule has 2 aromatic heterocycles. The van der Waals surface area contributed by atoms with E-state index in [4.69, 9.17) is 0 Å². The highest BCUT2D eigenvalue weighted by atomic mass is 32.2. The predicted molar refractivity (Wildman–Crippen MR) is 218 cm³/mol. The predicted octanol–water partition coefficient (Wildman–Crippen LogP) is 16.5. The second-order valence-corrected chi connectivity index (χ2v) is 22.5. The molecule has 354 valence electrons. The van der Waals surface area contributed by atoms with Crippen molar-refractivity contribution in [1.82, 2.24) is 0 Å². The van der Waals surface area contributed by atoms with Crippen molar-refractivity contribution in [2.24, 2.45) is 0 Å². The maximum atomic E-state index is 16.5. The molecular formula is C44H28F18S4. The summed E-state index contributed by atoms with van der Waals surface area (Å²) in [6.07, 6.45) is 0. The number of thiophene rings is 2. The van der Waals surface area contributed by atoms with Gasteiger partial charge in [-0.3, -0.25) is 0 Å². The Labute approximate surface area is 379 Å². The number of aryl methyl sites for hydroxylation is 3. The van der Waals surface area contributed by atoms with E-state index in [2.05, 4.69) is 0 Å². The molecule has 6 aliphatic rings. The smallest absolute Gasteiger partial charge is 0.194 e. The third-order valence-electron chi connectivity index (χ3n) is 13.4. The van der Waals surface area contributed by atoms with E-state index in [0.717, 1.165) is 33.8 Å². The van der Waals surface area contributed by atoms with Gasteiger partial charge in [-0.05, 0) is 99.6 Å². The maximum Gasteiger partial charge on any atom is 0.380 e. The normalized spacial score (nSPS) is 30.3. The highest BCUT2D eigenvalue weighted by molar-refractivity contribution is 8.09. The molecule has 4 aliphatic carbocycles. The largest absolute Gasteiger partial charge is 0.380 e. The van der Waals surface area contributed by atoms with Crippen LogP contribution in [0.2, 0.25) is 0 Å². The summed E-state index contributed by atoms with van der Waals surface area (Å²) < 4.78 is 285. The molecule has 3 aromatic rings. The van der Waals surface area contributed by atoms with Crippen LogP contribution in [0.4, 0.5) is 79.0 Å². The van der Waals surface area contributed by atoms with Gasteiger partial charge in [0.2, 0.25) is 0 Å². The summed E-state index contributed by atoms with van der Waals surface area (Å²) in [6.45, 7) is 6.27. The first-order chi connectivity index (χ1) is 29.9. The van der Waals surface area contributed by atoms with Crippen LogP contribution < -0.4 is 0 Å². The average Bonchev–Trinajstić information content (AvgIpc) is 3.95. The Hall–Kier alpha value is -3.50. The molecule has 0 radical (unpaired) electrons. The van der Waals surface area contributed by atoms with Gasteiger partial charge in [0.05, 0.1) is 26.2 Å². The summed E-state index contributed by atoms with van der Waals surface area (Å²) in [4.78, 5) is -3.53. The fraction of sp³-hybridized carbons (Fsp3) is 0.409. The van der Waals surface area contributed by atoms with Crippen LogP contribution in [-0.4, -0.2) is 62.8 Å². The number of fused-ring (bicyclic) bond motifs is 4. The number of hydrogen-bond donors (Lipinski definition) is 0. The van der Waals surface area contributed by atoms with Crippen LogP contribution in [-0.2, 0) is 0 Å². The van der Waals surface area contributed by atoms with Crippen LogP contribution >= 0.6 is 46.2 Å². The minimum atomic E-state index is -6.44. The summed E-state index contributed by atoms with van der Waals surface area (Å²) in [5.41, 5.74) is -18.8. The van der Waals surface area contributed by atoms with Crippen molar-refractivity contribution in [3.63, 3.8) is 0 Å². The molecule has 0 unspecified atom stereocenters. The zero-order valence-electron chi connectivity index (χ0n) is 34.5. The Morgan fingerprint density at radius 1 is 0.409 bits per heavy atom. The second-order valence-electron chi connectivity index (χ2n) is 17.2. The molecule has 2 aliphatic heterocycles. The van der Waals surface area contributed by atoms with Crippen LogP contribution in [0.25, 0.3) is 21.6 Å². The lowest BCUT2D eigenvalue weighted by Gasteiger charge is -2.48. The Kier molecular flexibility index (Phi) is 9.53. The summed E-state index contributed by atoms with van der Waals surface area (Å²) in [6, 6.07) is 9.63. The lowest BCUT2D eigenvalue weighted by atomic mass is 9.68. The van der Waals surface area contributed by atoms with E-state index >= 15 is 79.0 Å². The first-order valence-corrected chi connectivity index (χ1v) is 22.6. The molecule has 1 saturated carbocycles. The van der Waals surface area contributed by atoms with E-state index in [1.807, 2.05) is 0 Å². The Morgan fingerprint density at radius 3 is 1.20 bits per heavy atom. The molecule has 0 nitrogen and oxygen atoms in total. The number of hydrogen-bond acceptors (Lipinski definition) is 4. The van der Waals surface area contributed by atoms with Gasteiger partial charge >= 0.3 is 53.3 Å². The summed E-state index contributed by atoms with van der Waals surface area (Å²) >= 11 is 0.691. The number of thioether (sulfide) groups is 2. The van der Waals surface area contributed by atoms with Gasteiger partial charge in [0, 0.05) is 46.0 Å². The minimum absolute atomic E-state index is 0.110. The van der Waals surface area contributed by atoms with Crippen molar-refractivity contribution in [2.45, 2.75) is 111 Å². The zero-order valence-corrected chi connectivity index (χ0v) is 37.7. The van der Waals surface area contributed by atoms with Crippen molar-refractivity contribution in [3.8, 4) is 10.4 Å². The molecule has 1 aromatic carbocycles. The topological polar surface area (TPSA) is 0 Å². The SMILES string of the molecule is CC1=C(C2=C(c3cc(-c4ccccc4)sc3C)C(F)(F)C(F)(F)C2(F)F)S[C@]2(C)C1=C1C(=C3C(C)=C(C4=C(c5sc(C)cc5C)C(F)(F)C(F)(F)C4(F)F)S[C@]32C)C(F)(F)C(F)(F)C1(F)F. The molecule has 0 saturated heterocycles. The Morgan fingerprint density at radius 2 is 0.788 bits per heavy atom. The molecule has 0 N–H and O–H groups in total. The van der Waals surface area contributed by atoms with Crippen molar-refractivity contribution in [1.29, 1.82) is 0 Å². The van der Waals surface area contributed by atoms with Gasteiger partial charge in [0.25, 0.3) is 0 Å². The number of benzene rings is 1. The zero-order chi connectivity index (χ0) is 49.2. The molecule has 9 rings (SSSR count). The molecule has 0 bridgehead atoms. The van der Waals surface area contributed by atoms with Gasteiger partial charge in [0.15, 0.2) is 0 Å². The van der Waals surface area contributed by atoms with Crippen LogP contribution in [0.3, 0.4) is 0 Å². The molecule has 0 amide bonds. The van der Waals surface area contributed by atoms with E-state index in [0.29, 0.717) is 42.1 Å². The van der Waals surface area contributed by atoms with E-state index in [9.17, 15) is 0 Å². The summed E-state index contributed by atoms with van der Waals surface area (Å²) in [5, 5.41) is 0. The molecule has 4 heterocycles. The first-order valence-electron chi connectivity index (χ1n) is 19.4. The van der Waals surface area contributed by atoms with Crippen LogP contribution in [0.1, 0.15) is 53.5 Å². The third-order valence-corrected chi connectivity index (χ3v) is 19.2. The molecule has 0 spiro atoms. The number of allylic oxidation sites excluding steroid dienone is 8. The third kappa shape index (κ3) is 5.07. The van der Waals surface area contributed by atoms with Gasteiger partial charge in [0.1, 0.15) is 0 Å². The highest BCUT2D eigenvalue weighted by Gasteiger charge is 2.87. The Balaban J connectivity index is 1.37. The monoisotopic (exact) mass is 1030 g/mol. The van der Waals surface area contributed by atoms with Gasteiger partial charge in [-0.2, -0.15) is 79.0 Å². The summed E-state index contributed by atoms with van der Waals surface area (Å²) in [5.74, 6) is -54.4. The first kappa shape index (κ1) is 47.6. The average molecular weight is 1030 g/mol. The van der Waals surface area contributed by atoms with E-state index < -0.39 is 139 Å². The minimum Gasteiger partial charge on any atom is -0.194 e. The number of alkyl halides is 18. The van der Waals surface area contributed by atoms with Crippen LogP contribution in [0.5, 0.6) is 0 Å². The molecule has 2 atom stereocenters. The van der Waals surface area contributed by atoms with Crippen molar-refractivity contribution in [3.05, 3.63) is 123 Å². The molecule has 22 heteroatoms. The lowest BCUT2D eigenvalue weighted by molar-refractivity contribution is -0.259.